The van der Waals surface area contributed by atoms with Crippen molar-refractivity contribution in [2.24, 2.45) is 5.92 Å². The largest absolute Gasteiger partial charge is 0.496 e. The van der Waals surface area contributed by atoms with Gasteiger partial charge in [-0.2, -0.15) is 0 Å². The van der Waals surface area contributed by atoms with E-state index in [1.54, 1.807) is 36.4 Å². The highest BCUT2D eigenvalue weighted by Gasteiger charge is 2.60. The lowest BCUT2D eigenvalue weighted by Gasteiger charge is -2.29. The van der Waals surface area contributed by atoms with Crippen LogP contribution in [0.5, 0.6) is 5.75 Å². The standard InChI is InChI=1S/C24H18BrClN2O4/c1-31-19-12-7-14(13-18(19)25)21-20-22(32-28(21)17-5-3-2-4-6-17)24(30)27(23(20)29)16-10-8-15(26)9-11-16/h2-13,20-22H,1H3/t20-,21+,22+/m1/s1. The number of fused-ring (bicyclic) bond motifs is 1. The summed E-state index contributed by atoms with van der Waals surface area (Å²) in [6.07, 6.45) is -0.927. The monoisotopic (exact) mass is 512 g/mol. The van der Waals surface area contributed by atoms with Crippen molar-refractivity contribution in [2.45, 2.75) is 12.1 Å². The summed E-state index contributed by atoms with van der Waals surface area (Å²) in [5, 5.41) is 2.19. The predicted octanol–water partition coefficient (Wildman–Crippen LogP) is 5.16. The maximum atomic E-state index is 13.6. The molecule has 0 unspecified atom stereocenters. The molecule has 2 fully saturated rings. The summed E-state index contributed by atoms with van der Waals surface area (Å²) in [6, 6.07) is 21.2. The molecule has 2 heterocycles. The zero-order valence-electron chi connectivity index (χ0n) is 16.9. The number of para-hydroxylation sites is 1. The molecule has 2 aliphatic rings. The number of nitrogens with zero attached hydrogens (tertiary/aromatic N) is 2. The number of amides is 2. The van der Waals surface area contributed by atoms with Crippen LogP contribution in [0.3, 0.4) is 0 Å². The number of anilines is 2. The maximum Gasteiger partial charge on any atom is 0.266 e. The molecule has 2 saturated heterocycles. The number of methoxy groups -OCH3 is 1. The molecule has 3 aromatic carbocycles. The highest BCUT2D eigenvalue weighted by atomic mass is 79.9. The van der Waals surface area contributed by atoms with E-state index < -0.39 is 24.0 Å². The Morgan fingerprint density at radius 3 is 2.31 bits per heavy atom. The molecular formula is C24H18BrClN2O4. The summed E-state index contributed by atoms with van der Waals surface area (Å²) in [6.45, 7) is 0. The fraction of sp³-hybridized carbons (Fsp3) is 0.167. The maximum absolute atomic E-state index is 13.6. The van der Waals surface area contributed by atoms with Crippen molar-refractivity contribution >= 4 is 50.7 Å². The van der Waals surface area contributed by atoms with Gasteiger partial charge in [0.1, 0.15) is 11.7 Å². The summed E-state index contributed by atoms with van der Waals surface area (Å²) in [4.78, 5) is 34.2. The average molecular weight is 514 g/mol. The minimum absolute atomic E-state index is 0.308. The molecule has 0 spiro atoms. The topological polar surface area (TPSA) is 59.1 Å². The predicted molar refractivity (Wildman–Crippen MR) is 125 cm³/mol. The van der Waals surface area contributed by atoms with E-state index in [2.05, 4.69) is 15.9 Å². The molecule has 0 N–H and O–H groups in total. The summed E-state index contributed by atoms with van der Waals surface area (Å²) in [5.41, 5.74) is 2.06. The van der Waals surface area contributed by atoms with Crippen molar-refractivity contribution in [3.63, 3.8) is 0 Å². The van der Waals surface area contributed by atoms with Crippen molar-refractivity contribution in [3.8, 4) is 5.75 Å². The second-order valence-electron chi connectivity index (χ2n) is 7.54. The third kappa shape index (κ3) is 3.37. The van der Waals surface area contributed by atoms with Crippen molar-refractivity contribution in [3.05, 3.63) is 87.9 Å². The first-order valence-electron chi connectivity index (χ1n) is 9.97. The molecule has 8 heteroatoms. The molecule has 0 saturated carbocycles. The number of carbonyl (C=O) groups is 2. The van der Waals surface area contributed by atoms with Crippen LogP contribution >= 0.6 is 27.5 Å². The highest BCUT2D eigenvalue weighted by Crippen LogP contribution is 2.48. The third-order valence-corrected chi connectivity index (χ3v) is 6.60. The van der Waals surface area contributed by atoms with E-state index in [-0.39, 0.29) is 5.91 Å². The smallest absolute Gasteiger partial charge is 0.266 e. The van der Waals surface area contributed by atoms with Gasteiger partial charge in [0.05, 0.1) is 29.0 Å². The zero-order valence-corrected chi connectivity index (χ0v) is 19.3. The Hall–Kier alpha value is -2.87. The van der Waals surface area contributed by atoms with Gasteiger partial charge in [-0.25, -0.2) is 9.96 Å². The number of imide groups is 1. The van der Waals surface area contributed by atoms with E-state index in [9.17, 15) is 9.59 Å². The number of hydroxylamine groups is 1. The van der Waals surface area contributed by atoms with Gasteiger partial charge in [-0.15, -0.1) is 0 Å². The van der Waals surface area contributed by atoms with Gasteiger partial charge < -0.3 is 4.74 Å². The van der Waals surface area contributed by atoms with Crippen LogP contribution in [-0.4, -0.2) is 25.0 Å². The van der Waals surface area contributed by atoms with E-state index in [0.29, 0.717) is 16.5 Å². The fourth-order valence-electron chi connectivity index (χ4n) is 4.26. The van der Waals surface area contributed by atoms with E-state index in [1.807, 2.05) is 48.5 Å². The fourth-order valence-corrected chi connectivity index (χ4v) is 4.95. The number of carbonyl (C=O) groups excluding carboxylic acids is 2. The molecule has 3 aromatic rings. The van der Waals surface area contributed by atoms with Gasteiger partial charge in [0.15, 0.2) is 6.10 Å². The average Bonchev–Trinajstić information content (AvgIpc) is 3.31. The summed E-state index contributed by atoms with van der Waals surface area (Å²) >= 11 is 9.51. The van der Waals surface area contributed by atoms with Crippen LogP contribution < -0.4 is 14.7 Å². The molecule has 3 atom stereocenters. The first-order chi connectivity index (χ1) is 15.5. The molecular weight excluding hydrogens is 496 g/mol. The molecule has 0 radical (unpaired) electrons. The van der Waals surface area contributed by atoms with Crippen LogP contribution in [0, 0.1) is 5.92 Å². The zero-order chi connectivity index (χ0) is 22.4. The first kappa shape index (κ1) is 21.0. The van der Waals surface area contributed by atoms with Crippen LogP contribution in [-0.2, 0) is 14.4 Å². The second-order valence-corrected chi connectivity index (χ2v) is 8.83. The normalized spacial score (nSPS) is 22.4. The van der Waals surface area contributed by atoms with Gasteiger partial charge in [0.2, 0.25) is 5.91 Å². The molecule has 2 aliphatic heterocycles. The van der Waals surface area contributed by atoms with E-state index in [4.69, 9.17) is 21.2 Å². The van der Waals surface area contributed by atoms with Gasteiger partial charge >= 0.3 is 0 Å². The number of ether oxygens (including phenoxy) is 1. The minimum Gasteiger partial charge on any atom is -0.496 e. The Morgan fingerprint density at radius 1 is 0.938 bits per heavy atom. The lowest BCUT2D eigenvalue weighted by atomic mass is 9.90. The SMILES string of the molecule is COc1ccc([C@H]2[C@H]3C(=O)N(c4ccc(Cl)cc4)C(=O)[C@H]3ON2c2ccccc2)cc1Br. The van der Waals surface area contributed by atoms with Crippen molar-refractivity contribution in [2.75, 3.05) is 17.1 Å². The summed E-state index contributed by atoms with van der Waals surface area (Å²) < 4.78 is 6.10. The molecule has 2 amide bonds. The Balaban J connectivity index is 1.59. The van der Waals surface area contributed by atoms with Crippen LogP contribution in [0.15, 0.2) is 77.3 Å². The number of hydrogen-bond donors (Lipinski definition) is 0. The van der Waals surface area contributed by atoms with Gasteiger partial charge in [-0.05, 0) is 70.0 Å². The molecule has 32 heavy (non-hydrogen) atoms. The third-order valence-electron chi connectivity index (χ3n) is 5.73. The Kier molecular flexibility index (Phi) is 5.41. The number of rotatable bonds is 4. The van der Waals surface area contributed by atoms with Crippen molar-refractivity contribution < 1.29 is 19.2 Å². The molecule has 6 nitrogen and oxygen atoms in total. The number of benzene rings is 3. The summed E-state index contributed by atoms with van der Waals surface area (Å²) in [7, 11) is 1.59. The van der Waals surface area contributed by atoms with Gasteiger partial charge in [-0.3, -0.25) is 14.4 Å². The van der Waals surface area contributed by atoms with Gasteiger partial charge in [0.25, 0.3) is 5.91 Å². The molecule has 0 aliphatic carbocycles. The number of halogens is 2. The molecule has 5 rings (SSSR count). The van der Waals surface area contributed by atoms with Crippen LogP contribution in [0.2, 0.25) is 5.02 Å². The second kappa shape index (κ2) is 8.24. The van der Waals surface area contributed by atoms with Crippen LogP contribution in [0.25, 0.3) is 0 Å². The quantitative estimate of drug-likeness (QED) is 0.451. The first-order valence-corrected chi connectivity index (χ1v) is 11.1. The Bertz CT molecular complexity index is 1190. The Labute approximate surface area is 198 Å². The van der Waals surface area contributed by atoms with Gasteiger partial charge in [0, 0.05) is 5.02 Å². The van der Waals surface area contributed by atoms with Gasteiger partial charge in [-0.1, -0.05) is 35.9 Å². The lowest BCUT2D eigenvalue weighted by Crippen LogP contribution is -2.37. The Morgan fingerprint density at radius 2 is 1.66 bits per heavy atom. The van der Waals surface area contributed by atoms with E-state index >= 15 is 0 Å². The van der Waals surface area contributed by atoms with E-state index in [1.165, 1.54) is 4.90 Å². The molecule has 0 bridgehead atoms. The van der Waals surface area contributed by atoms with E-state index in [0.717, 1.165) is 15.7 Å². The number of hydrogen-bond acceptors (Lipinski definition) is 5. The van der Waals surface area contributed by atoms with Crippen LogP contribution in [0.4, 0.5) is 11.4 Å². The van der Waals surface area contributed by atoms with Crippen molar-refractivity contribution in [1.82, 2.24) is 0 Å². The molecule has 0 aromatic heterocycles. The van der Waals surface area contributed by atoms with Crippen LogP contribution in [0.1, 0.15) is 11.6 Å². The highest BCUT2D eigenvalue weighted by molar-refractivity contribution is 9.10. The minimum atomic E-state index is -0.927. The van der Waals surface area contributed by atoms with Crippen molar-refractivity contribution in [1.29, 1.82) is 0 Å². The molecule has 162 valence electrons. The summed E-state index contributed by atoms with van der Waals surface area (Å²) in [5.74, 6) is -0.734. The lowest BCUT2D eigenvalue weighted by molar-refractivity contribution is -0.126.